The highest BCUT2D eigenvalue weighted by Gasteiger charge is 2.12. The Bertz CT molecular complexity index is 918. The largest absolute Gasteiger partial charge is 0.493 e. The van der Waals surface area contributed by atoms with E-state index >= 15 is 0 Å². The molecule has 0 amide bonds. The first-order valence-corrected chi connectivity index (χ1v) is 10.5. The summed E-state index contributed by atoms with van der Waals surface area (Å²) in [5, 5.41) is 0. The Kier molecular flexibility index (Phi) is 7.17. The second-order valence-corrected chi connectivity index (χ2v) is 8.43. The molecule has 2 aromatic rings. The lowest BCUT2D eigenvalue weighted by Gasteiger charge is -2.09. The summed E-state index contributed by atoms with van der Waals surface area (Å²) in [6.07, 6.45) is 1.04. The van der Waals surface area contributed by atoms with Gasteiger partial charge in [0.2, 0.25) is 10.0 Å². The molecular formula is C20H23NO6S. The van der Waals surface area contributed by atoms with E-state index in [4.69, 9.17) is 9.47 Å². The maximum atomic E-state index is 12.1. The van der Waals surface area contributed by atoms with E-state index in [1.165, 1.54) is 24.3 Å². The fraction of sp³-hybridized carbons (Fsp3) is 0.300. The first-order valence-electron chi connectivity index (χ1n) is 8.65. The van der Waals surface area contributed by atoms with Crippen LogP contribution in [0.2, 0.25) is 0 Å². The zero-order valence-corrected chi connectivity index (χ0v) is 16.8. The highest BCUT2D eigenvalue weighted by atomic mass is 32.2. The van der Waals surface area contributed by atoms with Gasteiger partial charge in [-0.2, -0.15) is 0 Å². The maximum absolute atomic E-state index is 12.1. The lowest BCUT2D eigenvalue weighted by Crippen LogP contribution is -2.14. The van der Waals surface area contributed by atoms with E-state index in [-0.39, 0.29) is 0 Å². The summed E-state index contributed by atoms with van der Waals surface area (Å²) < 4.78 is 35.3. The molecule has 0 saturated carbocycles. The Morgan fingerprint density at radius 3 is 2.07 bits per heavy atom. The summed E-state index contributed by atoms with van der Waals surface area (Å²) in [5.74, 6) is 0.0475. The molecule has 2 aromatic carbocycles. The van der Waals surface area contributed by atoms with Crippen LogP contribution < -0.4 is 9.46 Å². The molecule has 0 aliphatic carbocycles. The van der Waals surface area contributed by atoms with E-state index in [0.29, 0.717) is 35.1 Å². The van der Waals surface area contributed by atoms with Gasteiger partial charge in [0.1, 0.15) is 5.75 Å². The molecule has 2 rings (SSSR count). The molecule has 8 heteroatoms. The van der Waals surface area contributed by atoms with Crippen LogP contribution >= 0.6 is 0 Å². The molecule has 0 atom stereocenters. The van der Waals surface area contributed by atoms with Crippen LogP contribution in [0.3, 0.4) is 0 Å². The van der Waals surface area contributed by atoms with Gasteiger partial charge in [-0.1, -0.05) is 13.8 Å². The summed E-state index contributed by atoms with van der Waals surface area (Å²) in [6, 6.07) is 12.4. The van der Waals surface area contributed by atoms with Crippen molar-refractivity contribution in [3.05, 3.63) is 59.7 Å². The van der Waals surface area contributed by atoms with Crippen LogP contribution in [0.4, 0.5) is 5.69 Å². The summed E-state index contributed by atoms with van der Waals surface area (Å²) in [7, 11) is -3.39. The Morgan fingerprint density at radius 1 is 0.964 bits per heavy atom. The van der Waals surface area contributed by atoms with Crippen molar-refractivity contribution in [1.82, 2.24) is 0 Å². The van der Waals surface area contributed by atoms with Crippen LogP contribution in [0.1, 0.15) is 34.6 Å². The van der Waals surface area contributed by atoms with Crippen LogP contribution in [0.25, 0.3) is 0 Å². The molecule has 150 valence electrons. The first kappa shape index (κ1) is 21.4. The number of hydrogen-bond acceptors (Lipinski definition) is 6. The number of anilines is 1. The van der Waals surface area contributed by atoms with Gasteiger partial charge in [0.25, 0.3) is 0 Å². The van der Waals surface area contributed by atoms with E-state index < -0.39 is 28.4 Å². The number of ether oxygens (including phenoxy) is 2. The van der Waals surface area contributed by atoms with Gasteiger partial charge in [0.05, 0.1) is 18.4 Å². The zero-order chi connectivity index (χ0) is 20.7. The van der Waals surface area contributed by atoms with Gasteiger partial charge in [-0.15, -0.1) is 0 Å². The van der Waals surface area contributed by atoms with Crippen LogP contribution in [0.15, 0.2) is 48.5 Å². The molecule has 0 aromatic heterocycles. The zero-order valence-electron chi connectivity index (χ0n) is 16.0. The molecule has 0 bridgehead atoms. The van der Waals surface area contributed by atoms with Gasteiger partial charge >= 0.3 is 5.97 Å². The molecule has 7 nitrogen and oxygen atoms in total. The highest BCUT2D eigenvalue weighted by Crippen LogP contribution is 2.15. The Hall–Kier alpha value is -2.87. The lowest BCUT2D eigenvalue weighted by molar-refractivity contribution is 0.0474. The SMILES string of the molecule is CC(C)COc1ccc(C(=O)OCC(=O)c2ccc(NS(C)(=O)=O)cc2)cc1. The predicted molar refractivity (Wildman–Crippen MR) is 106 cm³/mol. The summed E-state index contributed by atoms with van der Waals surface area (Å²) in [6.45, 7) is 4.25. The normalized spacial score (nSPS) is 11.1. The average Bonchev–Trinajstić information content (AvgIpc) is 2.64. The fourth-order valence-corrected chi connectivity index (χ4v) is 2.75. The minimum absolute atomic E-state index is 0.310. The Morgan fingerprint density at radius 2 is 1.54 bits per heavy atom. The predicted octanol–water partition coefficient (Wildman–Crippen LogP) is 3.13. The highest BCUT2D eigenvalue weighted by molar-refractivity contribution is 7.92. The minimum atomic E-state index is -3.39. The number of esters is 1. The summed E-state index contributed by atoms with van der Waals surface area (Å²) in [5.41, 5.74) is 0.970. The van der Waals surface area contributed by atoms with Crippen molar-refractivity contribution in [2.75, 3.05) is 24.2 Å². The Labute approximate surface area is 164 Å². The van der Waals surface area contributed by atoms with Crippen molar-refractivity contribution in [3.8, 4) is 5.75 Å². The van der Waals surface area contributed by atoms with Crippen molar-refractivity contribution in [1.29, 1.82) is 0 Å². The summed E-state index contributed by atoms with van der Waals surface area (Å²) in [4.78, 5) is 24.2. The molecule has 0 aliphatic rings. The molecule has 0 unspecified atom stereocenters. The van der Waals surface area contributed by atoms with Crippen molar-refractivity contribution in [2.24, 2.45) is 5.92 Å². The van der Waals surface area contributed by atoms with Crippen molar-refractivity contribution >= 4 is 27.5 Å². The molecule has 28 heavy (non-hydrogen) atoms. The van der Waals surface area contributed by atoms with E-state index in [1.807, 2.05) is 13.8 Å². The van der Waals surface area contributed by atoms with Crippen LogP contribution in [-0.2, 0) is 14.8 Å². The quantitative estimate of drug-likeness (QED) is 0.508. The van der Waals surface area contributed by atoms with E-state index in [0.717, 1.165) is 6.26 Å². The number of hydrogen-bond donors (Lipinski definition) is 1. The molecule has 0 fully saturated rings. The number of nitrogens with one attached hydrogen (secondary N) is 1. The first-order chi connectivity index (χ1) is 13.1. The van der Waals surface area contributed by atoms with Crippen molar-refractivity contribution in [3.63, 3.8) is 0 Å². The van der Waals surface area contributed by atoms with Crippen molar-refractivity contribution < 1.29 is 27.5 Å². The van der Waals surface area contributed by atoms with Gasteiger partial charge in [0.15, 0.2) is 12.4 Å². The van der Waals surface area contributed by atoms with Crippen LogP contribution in [-0.4, -0.2) is 39.6 Å². The van der Waals surface area contributed by atoms with Crippen molar-refractivity contribution in [2.45, 2.75) is 13.8 Å². The molecular weight excluding hydrogens is 382 g/mol. The number of rotatable bonds is 9. The smallest absolute Gasteiger partial charge is 0.338 e. The molecule has 0 aliphatic heterocycles. The van der Waals surface area contributed by atoms with E-state index in [9.17, 15) is 18.0 Å². The number of ketones is 1. The monoisotopic (exact) mass is 405 g/mol. The second kappa shape index (κ2) is 9.36. The number of Topliss-reactive ketones (excluding diaryl/α,β-unsaturated/α-hetero) is 1. The third-order valence-corrected chi connectivity index (χ3v) is 4.12. The van der Waals surface area contributed by atoms with Gasteiger partial charge in [-0.25, -0.2) is 13.2 Å². The number of benzene rings is 2. The average molecular weight is 405 g/mol. The molecule has 0 heterocycles. The third kappa shape index (κ3) is 7.03. The summed E-state index contributed by atoms with van der Waals surface area (Å²) >= 11 is 0. The molecule has 0 spiro atoms. The number of carbonyl (C=O) groups is 2. The Balaban J connectivity index is 1.88. The molecule has 0 radical (unpaired) electrons. The van der Waals surface area contributed by atoms with Gasteiger partial charge in [0, 0.05) is 11.3 Å². The lowest BCUT2D eigenvalue weighted by atomic mass is 10.1. The molecule has 1 N–H and O–H groups in total. The van der Waals surface area contributed by atoms with Crippen LogP contribution in [0.5, 0.6) is 5.75 Å². The van der Waals surface area contributed by atoms with Gasteiger partial charge in [-0.05, 0) is 54.4 Å². The topological polar surface area (TPSA) is 98.8 Å². The van der Waals surface area contributed by atoms with E-state index in [2.05, 4.69) is 4.72 Å². The van der Waals surface area contributed by atoms with Gasteiger partial charge in [-0.3, -0.25) is 9.52 Å². The van der Waals surface area contributed by atoms with E-state index in [1.54, 1.807) is 24.3 Å². The fourth-order valence-electron chi connectivity index (χ4n) is 2.19. The molecule has 0 saturated heterocycles. The van der Waals surface area contributed by atoms with Crippen LogP contribution in [0, 0.1) is 5.92 Å². The second-order valence-electron chi connectivity index (χ2n) is 6.68. The number of carbonyl (C=O) groups excluding carboxylic acids is 2. The third-order valence-electron chi connectivity index (χ3n) is 3.52. The van der Waals surface area contributed by atoms with Gasteiger partial charge < -0.3 is 9.47 Å². The standard InChI is InChI=1S/C20H23NO6S/c1-14(2)12-26-18-10-6-16(7-11-18)20(23)27-13-19(22)15-4-8-17(9-5-15)21-28(3,24)25/h4-11,14,21H,12-13H2,1-3H3. The number of sulfonamides is 1. The maximum Gasteiger partial charge on any atom is 0.338 e. The minimum Gasteiger partial charge on any atom is -0.493 e.